The van der Waals surface area contributed by atoms with Gasteiger partial charge in [0.05, 0.1) is 0 Å². The number of rotatable bonds is 2. The first-order valence-corrected chi connectivity index (χ1v) is 5.73. The van der Waals surface area contributed by atoms with Crippen LogP contribution in [0.5, 0.6) is 5.75 Å². The normalized spacial score (nSPS) is 10.4. The molecule has 0 fully saturated rings. The highest BCUT2D eigenvalue weighted by Crippen LogP contribution is 2.28. The largest absolute Gasteiger partial charge is 0.506 e. The number of nitrogens with zero attached hydrogens (tertiary/aromatic N) is 1. The molecule has 1 heterocycles. The van der Waals surface area contributed by atoms with Crippen molar-refractivity contribution in [2.24, 2.45) is 0 Å². The Hall–Kier alpha value is -2.55. The second-order valence-corrected chi connectivity index (χ2v) is 4.06. The molecule has 0 bridgehead atoms. The van der Waals surface area contributed by atoms with Crippen LogP contribution in [0.2, 0.25) is 0 Å². The fourth-order valence-corrected chi connectivity index (χ4v) is 1.93. The Morgan fingerprint density at radius 1 is 0.889 bits per heavy atom. The Bertz CT molecular complexity index is 680. The van der Waals surface area contributed by atoms with Crippen LogP contribution >= 0.6 is 0 Å². The van der Waals surface area contributed by atoms with Crippen LogP contribution in [0.3, 0.4) is 0 Å². The molecule has 0 saturated carbocycles. The van der Waals surface area contributed by atoms with Crippen LogP contribution in [-0.2, 0) is 0 Å². The van der Waals surface area contributed by atoms with Gasteiger partial charge >= 0.3 is 0 Å². The lowest BCUT2D eigenvalue weighted by molar-refractivity contribution is 0.480. The van der Waals surface area contributed by atoms with Crippen LogP contribution in [0, 0.1) is 0 Å². The molecule has 0 amide bonds. The van der Waals surface area contributed by atoms with Crippen molar-refractivity contribution in [3.8, 4) is 5.75 Å². The van der Waals surface area contributed by atoms with Crippen molar-refractivity contribution >= 4 is 22.3 Å². The molecule has 88 valence electrons. The number of para-hydroxylation sites is 1. The van der Waals surface area contributed by atoms with Gasteiger partial charge in [0.15, 0.2) is 0 Å². The maximum atomic E-state index is 9.93. The number of phenols is 1. The average molecular weight is 236 g/mol. The second kappa shape index (κ2) is 4.37. The van der Waals surface area contributed by atoms with Gasteiger partial charge < -0.3 is 10.4 Å². The highest BCUT2D eigenvalue weighted by molar-refractivity contribution is 5.88. The van der Waals surface area contributed by atoms with Gasteiger partial charge in [-0.15, -0.1) is 0 Å². The number of hydrogen-bond acceptors (Lipinski definition) is 3. The van der Waals surface area contributed by atoms with Crippen molar-refractivity contribution in [3.63, 3.8) is 0 Å². The molecule has 3 rings (SSSR count). The molecule has 1 aromatic heterocycles. The van der Waals surface area contributed by atoms with Gasteiger partial charge in [-0.2, -0.15) is 0 Å². The molecule has 18 heavy (non-hydrogen) atoms. The fraction of sp³-hybridized carbons (Fsp3) is 0. The topological polar surface area (TPSA) is 45.1 Å². The van der Waals surface area contributed by atoms with E-state index in [1.54, 1.807) is 12.3 Å². The number of aromatic hydroxyl groups is 1. The lowest BCUT2D eigenvalue weighted by atomic mass is 10.1. The van der Waals surface area contributed by atoms with E-state index in [4.69, 9.17) is 0 Å². The summed E-state index contributed by atoms with van der Waals surface area (Å²) < 4.78 is 0. The standard InChI is InChI=1S/C15H12N2O/c18-14-10-13(17-12-6-2-1-3-7-12)9-11-5-4-8-16-15(11)14/h1-10,17-18H. The van der Waals surface area contributed by atoms with Crippen molar-refractivity contribution in [2.45, 2.75) is 0 Å². The van der Waals surface area contributed by atoms with Gasteiger partial charge in [-0.25, -0.2) is 0 Å². The zero-order valence-corrected chi connectivity index (χ0v) is 9.67. The highest BCUT2D eigenvalue weighted by Gasteiger charge is 2.03. The van der Waals surface area contributed by atoms with Gasteiger partial charge in [0.2, 0.25) is 0 Å². The van der Waals surface area contributed by atoms with E-state index in [0.717, 1.165) is 16.8 Å². The Balaban J connectivity index is 2.03. The van der Waals surface area contributed by atoms with E-state index in [-0.39, 0.29) is 5.75 Å². The molecule has 0 unspecified atom stereocenters. The van der Waals surface area contributed by atoms with Crippen molar-refractivity contribution in [3.05, 3.63) is 60.8 Å². The fourth-order valence-electron chi connectivity index (χ4n) is 1.93. The molecule has 0 saturated heterocycles. The van der Waals surface area contributed by atoms with Crippen molar-refractivity contribution in [1.29, 1.82) is 0 Å². The van der Waals surface area contributed by atoms with E-state index in [9.17, 15) is 5.11 Å². The molecule has 0 aliphatic rings. The Morgan fingerprint density at radius 3 is 2.56 bits per heavy atom. The Morgan fingerprint density at radius 2 is 1.72 bits per heavy atom. The van der Waals surface area contributed by atoms with Crippen LogP contribution in [0.4, 0.5) is 11.4 Å². The number of pyridine rings is 1. The van der Waals surface area contributed by atoms with Gasteiger partial charge in [0.1, 0.15) is 11.3 Å². The SMILES string of the molecule is Oc1cc(Nc2ccccc2)cc2cccnc12. The number of benzene rings is 2. The van der Waals surface area contributed by atoms with Gasteiger partial charge in [-0.3, -0.25) is 4.98 Å². The zero-order valence-electron chi connectivity index (χ0n) is 9.67. The summed E-state index contributed by atoms with van der Waals surface area (Å²) in [5.41, 5.74) is 2.45. The number of fused-ring (bicyclic) bond motifs is 1. The van der Waals surface area contributed by atoms with Gasteiger partial charge in [-0.05, 0) is 24.3 Å². The summed E-state index contributed by atoms with van der Waals surface area (Å²) in [6.45, 7) is 0. The molecule has 3 nitrogen and oxygen atoms in total. The minimum Gasteiger partial charge on any atom is -0.506 e. The van der Waals surface area contributed by atoms with Crippen LogP contribution < -0.4 is 5.32 Å². The number of hydrogen-bond donors (Lipinski definition) is 2. The monoisotopic (exact) mass is 236 g/mol. The minimum absolute atomic E-state index is 0.187. The summed E-state index contributed by atoms with van der Waals surface area (Å²) in [7, 11) is 0. The lowest BCUT2D eigenvalue weighted by Crippen LogP contribution is -1.90. The number of anilines is 2. The van der Waals surface area contributed by atoms with Crippen LogP contribution in [0.25, 0.3) is 10.9 Å². The maximum Gasteiger partial charge on any atom is 0.143 e. The van der Waals surface area contributed by atoms with E-state index in [0.29, 0.717) is 5.52 Å². The summed E-state index contributed by atoms with van der Waals surface area (Å²) in [6.07, 6.45) is 1.67. The number of nitrogens with one attached hydrogen (secondary N) is 1. The third kappa shape index (κ3) is 1.98. The van der Waals surface area contributed by atoms with Crippen LogP contribution in [0.15, 0.2) is 60.8 Å². The van der Waals surface area contributed by atoms with E-state index in [1.165, 1.54) is 0 Å². The van der Waals surface area contributed by atoms with Gasteiger partial charge in [0, 0.05) is 29.0 Å². The highest BCUT2D eigenvalue weighted by atomic mass is 16.3. The van der Waals surface area contributed by atoms with Crippen LogP contribution in [0.1, 0.15) is 0 Å². The molecule has 0 atom stereocenters. The van der Waals surface area contributed by atoms with E-state index in [2.05, 4.69) is 10.3 Å². The molecule has 3 heteroatoms. The first-order valence-electron chi connectivity index (χ1n) is 5.73. The number of phenolic OH excluding ortho intramolecular Hbond substituents is 1. The summed E-state index contributed by atoms with van der Waals surface area (Å²) in [5, 5.41) is 14.1. The minimum atomic E-state index is 0.187. The molecule has 0 spiro atoms. The van der Waals surface area contributed by atoms with Crippen molar-refractivity contribution in [1.82, 2.24) is 4.98 Å². The molecule has 3 aromatic rings. The summed E-state index contributed by atoms with van der Waals surface area (Å²) >= 11 is 0. The first kappa shape index (κ1) is 10.6. The molecule has 2 N–H and O–H groups in total. The van der Waals surface area contributed by atoms with Crippen LogP contribution in [-0.4, -0.2) is 10.1 Å². The first-order chi connectivity index (χ1) is 8.83. The smallest absolute Gasteiger partial charge is 0.143 e. The second-order valence-electron chi connectivity index (χ2n) is 4.06. The predicted molar refractivity (Wildman–Crippen MR) is 73.1 cm³/mol. The molecular formula is C15H12N2O. The van der Waals surface area contributed by atoms with Crippen molar-refractivity contribution in [2.75, 3.05) is 5.32 Å². The Kier molecular flexibility index (Phi) is 2.57. The van der Waals surface area contributed by atoms with E-state index < -0.39 is 0 Å². The van der Waals surface area contributed by atoms with Crippen molar-refractivity contribution < 1.29 is 5.11 Å². The molecular weight excluding hydrogens is 224 g/mol. The molecule has 0 radical (unpaired) electrons. The molecule has 2 aromatic carbocycles. The quantitative estimate of drug-likeness (QED) is 0.713. The summed E-state index contributed by atoms with van der Waals surface area (Å²) in [6, 6.07) is 17.3. The average Bonchev–Trinajstić information content (AvgIpc) is 2.40. The number of aromatic nitrogens is 1. The molecule has 0 aliphatic heterocycles. The van der Waals surface area contributed by atoms with E-state index in [1.807, 2.05) is 48.5 Å². The maximum absolute atomic E-state index is 9.93. The zero-order chi connectivity index (χ0) is 12.4. The predicted octanol–water partition coefficient (Wildman–Crippen LogP) is 3.68. The summed E-state index contributed by atoms with van der Waals surface area (Å²) in [4.78, 5) is 4.15. The Labute approximate surface area is 105 Å². The lowest BCUT2D eigenvalue weighted by Gasteiger charge is -2.08. The third-order valence-corrected chi connectivity index (χ3v) is 2.75. The molecule has 0 aliphatic carbocycles. The summed E-state index contributed by atoms with van der Waals surface area (Å²) in [5.74, 6) is 0.187. The third-order valence-electron chi connectivity index (χ3n) is 2.75. The van der Waals surface area contributed by atoms with E-state index >= 15 is 0 Å². The van der Waals surface area contributed by atoms with Gasteiger partial charge in [-0.1, -0.05) is 24.3 Å². The van der Waals surface area contributed by atoms with Gasteiger partial charge in [0.25, 0.3) is 0 Å².